The number of nitrogen functional groups attached to an aromatic ring is 1. The van der Waals surface area contributed by atoms with E-state index in [1.54, 1.807) is 66.4 Å². The molecule has 0 radical (unpaired) electrons. The molecule has 0 saturated heterocycles. The van der Waals surface area contributed by atoms with Gasteiger partial charge in [0.25, 0.3) is 11.8 Å². The maximum absolute atomic E-state index is 13.6. The lowest BCUT2D eigenvalue weighted by molar-refractivity contribution is -0.139. The number of aliphatic hydroxyl groups is 2. The first-order valence-corrected chi connectivity index (χ1v) is 12.4. The Labute approximate surface area is 218 Å². The van der Waals surface area contributed by atoms with Crippen LogP contribution >= 0.6 is 15.9 Å². The van der Waals surface area contributed by atoms with Crippen molar-refractivity contribution in [1.29, 1.82) is 0 Å². The van der Waals surface area contributed by atoms with Crippen LogP contribution in [0, 0.1) is 5.92 Å². The fraction of sp³-hybridized carbons (Fsp3) is 0.214. The van der Waals surface area contributed by atoms with Crippen LogP contribution < -0.4 is 16.0 Å². The normalized spacial score (nSPS) is 17.9. The minimum absolute atomic E-state index is 0.000282. The molecule has 2 amide bonds. The number of nitrogens with two attached hydrogens (primary N) is 1. The summed E-state index contributed by atoms with van der Waals surface area (Å²) in [7, 11) is 0. The zero-order valence-corrected chi connectivity index (χ0v) is 21.4. The number of hydrogen-bond donors (Lipinski definition) is 4. The second kappa shape index (κ2) is 10.7. The summed E-state index contributed by atoms with van der Waals surface area (Å²) >= 11 is 3.45. The van der Waals surface area contributed by atoms with E-state index >= 15 is 0 Å². The number of fused-ring (bicyclic) bond motifs is 1. The molecule has 0 aliphatic carbocycles. The van der Waals surface area contributed by atoms with E-state index < -0.39 is 17.4 Å². The molecular weight excluding hydrogens is 522 g/mol. The number of aliphatic hydroxyl groups excluding tert-OH is 1. The average Bonchev–Trinajstić information content (AvgIpc) is 3.07. The molecule has 1 aliphatic heterocycles. The Bertz CT molecular complexity index is 1290. The number of amides is 2. The minimum Gasteiger partial charge on any atom is -0.399 e. The number of halogens is 1. The van der Waals surface area contributed by atoms with E-state index in [0.717, 1.165) is 10.0 Å². The second-order valence-electron chi connectivity index (χ2n) is 8.82. The van der Waals surface area contributed by atoms with E-state index in [-0.39, 0.29) is 19.1 Å². The van der Waals surface area contributed by atoms with Crippen molar-refractivity contribution in [2.75, 3.05) is 22.6 Å². The summed E-state index contributed by atoms with van der Waals surface area (Å²) in [6, 6.07) is 19.3. The summed E-state index contributed by atoms with van der Waals surface area (Å²) in [4.78, 5) is 27.6. The second-order valence-corrected chi connectivity index (χ2v) is 9.74. The van der Waals surface area contributed by atoms with Crippen LogP contribution in [0.1, 0.15) is 34.8 Å². The van der Waals surface area contributed by atoms with Crippen molar-refractivity contribution in [1.82, 2.24) is 0 Å². The number of rotatable bonds is 8. The molecule has 186 valence electrons. The molecule has 8 heteroatoms. The van der Waals surface area contributed by atoms with Crippen molar-refractivity contribution in [3.8, 4) is 0 Å². The van der Waals surface area contributed by atoms with Gasteiger partial charge in [-0.25, -0.2) is 0 Å². The van der Waals surface area contributed by atoms with Gasteiger partial charge in [0.1, 0.15) is 0 Å². The van der Waals surface area contributed by atoms with E-state index in [1.165, 1.54) is 0 Å². The van der Waals surface area contributed by atoms with Gasteiger partial charge in [-0.3, -0.25) is 9.59 Å². The van der Waals surface area contributed by atoms with Crippen LogP contribution in [0.4, 0.5) is 17.1 Å². The molecule has 36 heavy (non-hydrogen) atoms. The molecule has 0 aromatic heterocycles. The van der Waals surface area contributed by atoms with Gasteiger partial charge in [0.05, 0.1) is 12.2 Å². The van der Waals surface area contributed by atoms with Gasteiger partial charge in [0, 0.05) is 39.5 Å². The topological polar surface area (TPSA) is 116 Å². The third-order valence-electron chi connectivity index (χ3n) is 6.34. The molecule has 3 aromatic rings. The van der Waals surface area contributed by atoms with E-state index in [9.17, 15) is 14.7 Å². The summed E-state index contributed by atoms with van der Waals surface area (Å²) in [6.45, 7) is 2.05. The molecule has 5 N–H and O–H groups in total. The van der Waals surface area contributed by atoms with E-state index in [1.807, 2.05) is 24.3 Å². The molecule has 2 atom stereocenters. The van der Waals surface area contributed by atoms with E-state index in [0.29, 0.717) is 34.6 Å². The lowest BCUT2D eigenvalue weighted by Crippen LogP contribution is -2.44. The monoisotopic (exact) mass is 549 g/mol. The lowest BCUT2D eigenvalue weighted by atomic mass is 9.83. The van der Waals surface area contributed by atoms with Crippen LogP contribution in [-0.4, -0.2) is 28.6 Å². The number of nitrogens with one attached hydrogen (secondary N) is 1. The Morgan fingerprint density at radius 1 is 1.14 bits per heavy atom. The van der Waals surface area contributed by atoms with Gasteiger partial charge in [-0.1, -0.05) is 47.1 Å². The van der Waals surface area contributed by atoms with Crippen LogP contribution in [0.15, 0.2) is 83.4 Å². The average molecular weight is 550 g/mol. The SMILES string of the molecule is C[C@@H](/C=C/CCO)[C@]1(O)C(=O)N(Cc2ccc(NC(=O)c3ccc(N)cc3)cc2)c2ccc(Br)cc21. The van der Waals surface area contributed by atoms with Gasteiger partial charge in [-0.15, -0.1) is 0 Å². The van der Waals surface area contributed by atoms with E-state index in [2.05, 4.69) is 21.2 Å². The first kappa shape index (κ1) is 25.6. The maximum atomic E-state index is 13.6. The number of anilines is 3. The van der Waals surface area contributed by atoms with Crippen LogP contribution in [0.5, 0.6) is 0 Å². The van der Waals surface area contributed by atoms with Crippen molar-refractivity contribution in [3.05, 3.63) is 100 Å². The van der Waals surface area contributed by atoms with Crippen molar-refractivity contribution < 1.29 is 19.8 Å². The predicted octanol–water partition coefficient (Wildman–Crippen LogP) is 4.59. The van der Waals surface area contributed by atoms with Crippen LogP contribution in [-0.2, 0) is 16.9 Å². The zero-order chi connectivity index (χ0) is 25.9. The zero-order valence-electron chi connectivity index (χ0n) is 19.8. The highest BCUT2D eigenvalue weighted by molar-refractivity contribution is 9.10. The van der Waals surface area contributed by atoms with Gasteiger partial charge in [0.2, 0.25) is 0 Å². The summed E-state index contributed by atoms with van der Waals surface area (Å²) in [5.74, 6) is -1.15. The smallest absolute Gasteiger partial charge is 0.264 e. The standard InChI is InChI=1S/C28H28BrN3O4/c1-18(4-2-3-15-33)28(36)24-16-21(29)9-14-25(24)32(27(28)35)17-19-5-12-23(13-6-19)31-26(34)20-7-10-22(30)11-8-20/h2,4-14,16,18,33,36H,3,15,17,30H2,1H3,(H,31,34)/b4-2+/t18-,28+/m0/s1. The number of carbonyl (C=O) groups is 2. The van der Waals surface area contributed by atoms with Gasteiger partial charge < -0.3 is 26.2 Å². The molecule has 0 unspecified atom stereocenters. The fourth-order valence-electron chi connectivity index (χ4n) is 4.30. The van der Waals surface area contributed by atoms with Crippen molar-refractivity contribution in [3.63, 3.8) is 0 Å². The first-order chi connectivity index (χ1) is 17.2. The van der Waals surface area contributed by atoms with Gasteiger partial charge >= 0.3 is 0 Å². The van der Waals surface area contributed by atoms with Crippen LogP contribution in [0.3, 0.4) is 0 Å². The minimum atomic E-state index is -1.72. The number of benzene rings is 3. The fourth-order valence-corrected chi connectivity index (χ4v) is 4.67. The molecule has 3 aromatic carbocycles. The van der Waals surface area contributed by atoms with E-state index in [4.69, 9.17) is 10.8 Å². The third-order valence-corrected chi connectivity index (χ3v) is 6.83. The highest BCUT2D eigenvalue weighted by Crippen LogP contribution is 2.46. The molecular formula is C28H28BrN3O4. The Hall–Kier alpha value is -3.46. The number of hydrogen-bond acceptors (Lipinski definition) is 5. The first-order valence-electron chi connectivity index (χ1n) is 11.6. The third kappa shape index (κ3) is 5.06. The Balaban J connectivity index is 1.54. The van der Waals surface area contributed by atoms with Crippen molar-refractivity contribution in [2.24, 2.45) is 5.92 Å². The van der Waals surface area contributed by atoms with Gasteiger partial charge in [-0.05, 0) is 66.6 Å². The van der Waals surface area contributed by atoms with Crippen molar-refractivity contribution >= 4 is 44.8 Å². The maximum Gasteiger partial charge on any atom is 0.264 e. The summed E-state index contributed by atoms with van der Waals surface area (Å²) < 4.78 is 0.766. The molecule has 0 bridgehead atoms. The predicted molar refractivity (Wildman–Crippen MR) is 144 cm³/mol. The molecule has 0 spiro atoms. The molecule has 7 nitrogen and oxygen atoms in total. The molecule has 1 heterocycles. The molecule has 4 rings (SSSR count). The number of nitrogens with zero attached hydrogens (tertiary/aromatic N) is 1. The lowest BCUT2D eigenvalue weighted by Gasteiger charge is -2.27. The Kier molecular flexibility index (Phi) is 7.59. The molecule has 1 aliphatic rings. The largest absolute Gasteiger partial charge is 0.399 e. The van der Waals surface area contributed by atoms with Gasteiger partial charge in [0.15, 0.2) is 5.60 Å². The Morgan fingerprint density at radius 3 is 2.50 bits per heavy atom. The summed E-state index contributed by atoms with van der Waals surface area (Å²) in [5, 5.41) is 23.6. The van der Waals surface area contributed by atoms with Crippen molar-refractivity contribution in [2.45, 2.75) is 25.5 Å². The highest BCUT2D eigenvalue weighted by atomic mass is 79.9. The van der Waals surface area contributed by atoms with Crippen LogP contribution in [0.2, 0.25) is 0 Å². The van der Waals surface area contributed by atoms with Crippen LogP contribution in [0.25, 0.3) is 0 Å². The molecule has 0 fully saturated rings. The van der Waals surface area contributed by atoms with Gasteiger partial charge in [-0.2, -0.15) is 0 Å². The summed E-state index contributed by atoms with van der Waals surface area (Å²) in [6.07, 6.45) is 3.99. The molecule has 0 saturated carbocycles. The Morgan fingerprint density at radius 2 is 1.83 bits per heavy atom. The highest BCUT2D eigenvalue weighted by Gasteiger charge is 2.52. The summed E-state index contributed by atoms with van der Waals surface area (Å²) in [5.41, 5.74) is 7.69. The quantitative estimate of drug-likeness (QED) is 0.242. The number of carbonyl (C=O) groups excluding carboxylic acids is 2.